The molecular formula is C28H49F3N5O5PS. The number of imidazole rings is 1. The lowest BCUT2D eigenvalue weighted by molar-refractivity contribution is -0.135. The highest BCUT2D eigenvalue weighted by Gasteiger charge is 2.25. The fourth-order valence-corrected chi connectivity index (χ4v) is 6.43. The van der Waals surface area contributed by atoms with Crippen LogP contribution in [0.3, 0.4) is 0 Å². The number of unbranched alkanes of at least 4 members (excludes halogenated alkanes) is 14. The molecule has 0 aliphatic heterocycles. The van der Waals surface area contributed by atoms with Gasteiger partial charge in [0.2, 0.25) is 5.95 Å². The van der Waals surface area contributed by atoms with E-state index in [-0.39, 0.29) is 37.6 Å². The van der Waals surface area contributed by atoms with Crippen molar-refractivity contribution in [2.24, 2.45) is 0 Å². The zero-order valence-electron chi connectivity index (χ0n) is 25.1. The highest BCUT2D eigenvalue weighted by molar-refractivity contribution is 7.99. The van der Waals surface area contributed by atoms with Crippen LogP contribution in [0, 0.1) is 0 Å². The van der Waals surface area contributed by atoms with E-state index >= 15 is 0 Å². The Bertz CT molecular complexity index is 1130. The van der Waals surface area contributed by atoms with E-state index in [9.17, 15) is 27.4 Å². The fourth-order valence-electron chi connectivity index (χ4n) is 4.68. The Balaban J connectivity index is 1.32. The third-order valence-electron chi connectivity index (χ3n) is 6.99. The van der Waals surface area contributed by atoms with Gasteiger partial charge in [-0.05, 0) is 18.6 Å². The number of nitrogens with two attached hydrogens (primary N) is 1. The summed E-state index contributed by atoms with van der Waals surface area (Å²) in [5, 5.41) is 0. The number of nitrogens with zero attached hydrogens (tertiary/aromatic N) is 3. The number of rotatable bonds is 26. The first-order valence-corrected chi connectivity index (χ1v) is 18.4. The van der Waals surface area contributed by atoms with E-state index in [2.05, 4.69) is 15.0 Å². The maximum absolute atomic E-state index is 12.2. The third kappa shape index (κ3) is 18.1. The molecule has 1 atom stereocenters. The van der Waals surface area contributed by atoms with E-state index in [1.165, 1.54) is 64.1 Å². The van der Waals surface area contributed by atoms with Gasteiger partial charge in [0.25, 0.3) is 5.56 Å². The largest absolute Gasteiger partial charge is 0.389 e. The summed E-state index contributed by atoms with van der Waals surface area (Å²) in [6.07, 6.45) is 12.7. The minimum Gasteiger partial charge on any atom is -0.369 e. The first kappa shape index (κ1) is 37.6. The second-order valence-electron chi connectivity index (χ2n) is 10.9. The van der Waals surface area contributed by atoms with Crippen molar-refractivity contribution < 1.29 is 31.9 Å². The van der Waals surface area contributed by atoms with E-state index in [1.54, 1.807) is 16.3 Å². The highest BCUT2D eigenvalue weighted by atomic mass is 32.2. The molecule has 0 fully saturated rings. The average molecular weight is 656 g/mol. The number of aromatic nitrogens is 4. The van der Waals surface area contributed by atoms with E-state index in [0.29, 0.717) is 17.8 Å². The topological polar surface area (TPSA) is 145 Å². The molecule has 0 aliphatic carbocycles. The molecule has 43 heavy (non-hydrogen) atoms. The first-order valence-electron chi connectivity index (χ1n) is 15.5. The molecular weight excluding hydrogens is 606 g/mol. The second-order valence-corrected chi connectivity index (χ2v) is 13.9. The Morgan fingerprint density at radius 2 is 1.47 bits per heavy atom. The summed E-state index contributed by atoms with van der Waals surface area (Å²) in [6, 6.07) is 0. The SMILES string of the molecule is Nc1nc2c(ncn2CCOCP(=O)(O)OCCSCCCCCCCCCCCCCCCCCC(F)(F)F)c(=O)[nH]1. The van der Waals surface area contributed by atoms with Crippen LogP contribution in [0.2, 0.25) is 0 Å². The van der Waals surface area contributed by atoms with E-state index < -0.39 is 32.1 Å². The Morgan fingerprint density at radius 3 is 2.05 bits per heavy atom. The van der Waals surface area contributed by atoms with Gasteiger partial charge in [-0.1, -0.05) is 83.5 Å². The number of halogens is 3. The molecule has 2 heterocycles. The molecule has 15 heteroatoms. The van der Waals surface area contributed by atoms with Crippen LogP contribution in [0.5, 0.6) is 0 Å². The van der Waals surface area contributed by atoms with Crippen molar-refractivity contribution >= 4 is 36.5 Å². The van der Waals surface area contributed by atoms with Gasteiger partial charge in [0.1, 0.15) is 6.35 Å². The molecule has 0 saturated heterocycles. The molecule has 2 aromatic rings. The van der Waals surface area contributed by atoms with Gasteiger partial charge in [0.15, 0.2) is 11.2 Å². The predicted molar refractivity (Wildman–Crippen MR) is 166 cm³/mol. The van der Waals surface area contributed by atoms with Gasteiger partial charge >= 0.3 is 13.8 Å². The zero-order chi connectivity index (χ0) is 31.4. The summed E-state index contributed by atoms with van der Waals surface area (Å²) < 4.78 is 60.5. The monoisotopic (exact) mass is 655 g/mol. The summed E-state index contributed by atoms with van der Waals surface area (Å²) in [5.41, 5.74) is 5.63. The summed E-state index contributed by atoms with van der Waals surface area (Å²) in [4.78, 5) is 32.2. The van der Waals surface area contributed by atoms with Crippen LogP contribution in [0.1, 0.15) is 103 Å². The lowest BCUT2D eigenvalue weighted by Gasteiger charge is -2.12. The van der Waals surface area contributed by atoms with Crippen LogP contribution >= 0.6 is 19.4 Å². The number of hydrogen-bond donors (Lipinski definition) is 3. The Kier molecular flexibility index (Phi) is 18.5. The van der Waals surface area contributed by atoms with Crippen LogP contribution in [0.15, 0.2) is 11.1 Å². The molecule has 0 aromatic carbocycles. The van der Waals surface area contributed by atoms with Crippen LogP contribution < -0.4 is 11.3 Å². The number of fused-ring (bicyclic) bond motifs is 1. The number of nitrogen functional groups attached to an aromatic ring is 1. The van der Waals surface area contributed by atoms with Gasteiger partial charge in [0.05, 0.1) is 19.5 Å². The van der Waals surface area contributed by atoms with Gasteiger partial charge < -0.3 is 24.5 Å². The molecule has 2 aromatic heterocycles. The molecule has 248 valence electrons. The number of nitrogens with one attached hydrogen (secondary N) is 1. The predicted octanol–water partition coefficient (Wildman–Crippen LogP) is 7.42. The Hall–Kier alpha value is -1.60. The van der Waals surface area contributed by atoms with E-state index in [0.717, 1.165) is 31.4 Å². The van der Waals surface area contributed by atoms with Crippen LogP contribution in [-0.4, -0.2) is 61.7 Å². The van der Waals surface area contributed by atoms with Gasteiger partial charge in [-0.25, -0.2) is 4.98 Å². The van der Waals surface area contributed by atoms with Crippen molar-refractivity contribution in [1.82, 2.24) is 19.5 Å². The molecule has 1 unspecified atom stereocenters. The number of H-pyrrole nitrogens is 1. The van der Waals surface area contributed by atoms with Gasteiger partial charge in [-0.15, -0.1) is 0 Å². The summed E-state index contributed by atoms with van der Waals surface area (Å²) in [7, 11) is -3.84. The maximum atomic E-state index is 12.2. The number of anilines is 1. The average Bonchev–Trinajstić information content (AvgIpc) is 3.34. The number of aromatic amines is 1. The lowest BCUT2D eigenvalue weighted by Crippen LogP contribution is -2.13. The minimum absolute atomic E-state index is 0.0167. The Morgan fingerprint density at radius 1 is 0.907 bits per heavy atom. The van der Waals surface area contributed by atoms with Crippen LogP contribution in [0.25, 0.3) is 11.2 Å². The standard InChI is InChI=1S/C28H49F3N5O5PS/c29-28(30,31)16-14-12-10-8-6-4-2-1-3-5-7-9-11-13-15-20-43-21-19-41-42(38,39)23-40-18-17-36-22-33-24-25(36)34-27(32)35-26(24)37/h22H,1-21,23H2,(H,38,39)(H3,32,34,35,37). The van der Waals surface area contributed by atoms with Crippen LogP contribution in [0.4, 0.5) is 19.1 Å². The van der Waals surface area contributed by atoms with Crippen molar-refractivity contribution in [2.75, 3.05) is 36.8 Å². The Labute approximate surface area is 256 Å². The van der Waals surface area contributed by atoms with Crippen molar-refractivity contribution in [3.05, 3.63) is 16.7 Å². The van der Waals surface area contributed by atoms with Crippen molar-refractivity contribution in [3.8, 4) is 0 Å². The molecule has 0 aliphatic rings. The molecule has 0 spiro atoms. The highest BCUT2D eigenvalue weighted by Crippen LogP contribution is 2.41. The van der Waals surface area contributed by atoms with Crippen LogP contribution in [-0.2, 0) is 20.4 Å². The molecule has 0 bridgehead atoms. The molecule has 2 rings (SSSR count). The van der Waals surface area contributed by atoms with E-state index in [4.69, 9.17) is 15.0 Å². The minimum atomic E-state index is -4.01. The van der Waals surface area contributed by atoms with Gasteiger partial charge in [-0.3, -0.25) is 14.3 Å². The number of hydrogen-bond acceptors (Lipinski definition) is 8. The molecule has 4 N–H and O–H groups in total. The van der Waals surface area contributed by atoms with Gasteiger partial charge in [0, 0.05) is 18.7 Å². The van der Waals surface area contributed by atoms with Crippen molar-refractivity contribution in [2.45, 2.75) is 115 Å². The number of alkyl halides is 3. The summed E-state index contributed by atoms with van der Waals surface area (Å²) in [5.74, 6) is 1.63. The molecule has 10 nitrogen and oxygen atoms in total. The number of ether oxygens (including phenoxy) is 1. The number of thioether (sulfide) groups is 1. The summed E-state index contributed by atoms with van der Waals surface area (Å²) in [6.45, 7) is 0.581. The van der Waals surface area contributed by atoms with E-state index in [1.807, 2.05) is 0 Å². The fraction of sp³-hybridized carbons (Fsp3) is 0.821. The normalized spacial score (nSPS) is 13.6. The quantitative estimate of drug-likeness (QED) is 0.0696. The zero-order valence-corrected chi connectivity index (χ0v) is 26.8. The molecule has 0 amide bonds. The maximum Gasteiger partial charge on any atom is 0.389 e. The summed E-state index contributed by atoms with van der Waals surface area (Å²) >= 11 is 1.71. The molecule has 0 radical (unpaired) electrons. The smallest absolute Gasteiger partial charge is 0.369 e. The lowest BCUT2D eigenvalue weighted by atomic mass is 10.0. The van der Waals surface area contributed by atoms with Crippen molar-refractivity contribution in [1.29, 1.82) is 0 Å². The first-order chi connectivity index (χ1) is 20.6. The second kappa shape index (κ2) is 21.2. The van der Waals surface area contributed by atoms with Crippen molar-refractivity contribution in [3.63, 3.8) is 0 Å². The third-order valence-corrected chi connectivity index (χ3v) is 9.12. The van der Waals surface area contributed by atoms with Gasteiger partial charge in [-0.2, -0.15) is 29.9 Å². The molecule has 0 saturated carbocycles.